The zero-order valence-corrected chi connectivity index (χ0v) is 11.4. The van der Waals surface area contributed by atoms with E-state index in [1.807, 2.05) is 19.2 Å². The molecule has 1 aliphatic rings. The van der Waals surface area contributed by atoms with Gasteiger partial charge in [-0.1, -0.05) is 0 Å². The van der Waals surface area contributed by atoms with Crippen LogP contribution in [0.2, 0.25) is 0 Å². The topological polar surface area (TPSA) is 53.1 Å². The highest BCUT2D eigenvalue weighted by Crippen LogP contribution is 2.36. The summed E-state index contributed by atoms with van der Waals surface area (Å²) >= 11 is 0. The third-order valence-corrected chi connectivity index (χ3v) is 3.90. The summed E-state index contributed by atoms with van der Waals surface area (Å²) in [5.41, 5.74) is 10.8. The predicted octanol–water partition coefficient (Wildman–Crippen LogP) is 2.56. The van der Waals surface area contributed by atoms with Crippen molar-refractivity contribution in [2.24, 2.45) is 7.05 Å². The second kappa shape index (κ2) is 4.61. The lowest BCUT2D eigenvalue weighted by Crippen LogP contribution is -2.07. The van der Waals surface area contributed by atoms with Crippen LogP contribution in [0, 0.1) is 0 Å². The molecule has 0 aliphatic heterocycles. The van der Waals surface area contributed by atoms with E-state index in [1.54, 1.807) is 11.8 Å². The van der Waals surface area contributed by atoms with Gasteiger partial charge in [0.05, 0.1) is 12.8 Å². The molecule has 0 radical (unpaired) electrons. The summed E-state index contributed by atoms with van der Waals surface area (Å²) in [4.78, 5) is 0. The average molecular weight is 257 g/mol. The Labute approximate surface area is 113 Å². The van der Waals surface area contributed by atoms with E-state index in [0.717, 1.165) is 24.3 Å². The number of nitrogen functional groups attached to an aromatic ring is 1. The summed E-state index contributed by atoms with van der Waals surface area (Å²) in [5.74, 6) is 1.69. The minimum atomic E-state index is 0.690. The average Bonchev–Trinajstić information content (AvgIpc) is 2.77. The van der Waals surface area contributed by atoms with Crippen LogP contribution in [0.15, 0.2) is 18.2 Å². The standard InChI is InChI=1S/C15H19N3O/c1-18-15(16)9-13(17-18)11-7-8-14(19-2)12-6-4-3-5-10(11)12/h7-9H,3-6,16H2,1-2H3. The van der Waals surface area contributed by atoms with E-state index in [1.165, 1.54) is 29.5 Å². The second-order valence-corrected chi connectivity index (χ2v) is 5.06. The lowest BCUT2D eigenvalue weighted by molar-refractivity contribution is 0.406. The van der Waals surface area contributed by atoms with Crippen molar-refractivity contribution < 1.29 is 4.74 Å². The van der Waals surface area contributed by atoms with Gasteiger partial charge in [0.1, 0.15) is 11.6 Å². The first-order valence-electron chi connectivity index (χ1n) is 6.69. The Balaban J connectivity index is 2.16. The number of aryl methyl sites for hydroxylation is 1. The van der Waals surface area contributed by atoms with E-state index < -0.39 is 0 Å². The van der Waals surface area contributed by atoms with Gasteiger partial charge in [-0.05, 0) is 48.9 Å². The van der Waals surface area contributed by atoms with Crippen molar-refractivity contribution in [2.75, 3.05) is 12.8 Å². The molecule has 1 aromatic heterocycles. The molecular formula is C15H19N3O. The van der Waals surface area contributed by atoms with Gasteiger partial charge >= 0.3 is 0 Å². The van der Waals surface area contributed by atoms with Crippen molar-refractivity contribution >= 4 is 5.82 Å². The summed E-state index contributed by atoms with van der Waals surface area (Å²) in [7, 11) is 3.61. The number of ether oxygens (including phenoxy) is 1. The van der Waals surface area contributed by atoms with E-state index in [4.69, 9.17) is 10.5 Å². The third-order valence-electron chi connectivity index (χ3n) is 3.90. The van der Waals surface area contributed by atoms with Crippen LogP contribution >= 0.6 is 0 Å². The molecule has 0 bridgehead atoms. The number of benzene rings is 1. The minimum Gasteiger partial charge on any atom is -0.496 e. The van der Waals surface area contributed by atoms with Crippen LogP contribution in [0.5, 0.6) is 5.75 Å². The monoisotopic (exact) mass is 257 g/mol. The number of hydrogen-bond donors (Lipinski definition) is 1. The van der Waals surface area contributed by atoms with Crippen LogP contribution in [0.4, 0.5) is 5.82 Å². The molecule has 19 heavy (non-hydrogen) atoms. The zero-order chi connectivity index (χ0) is 13.4. The Morgan fingerprint density at radius 1 is 1.21 bits per heavy atom. The Morgan fingerprint density at radius 2 is 1.95 bits per heavy atom. The van der Waals surface area contributed by atoms with Crippen LogP contribution in [0.25, 0.3) is 11.3 Å². The van der Waals surface area contributed by atoms with E-state index in [2.05, 4.69) is 11.2 Å². The molecular weight excluding hydrogens is 238 g/mol. The van der Waals surface area contributed by atoms with Crippen LogP contribution in [-0.4, -0.2) is 16.9 Å². The molecule has 100 valence electrons. The summed E-state index contributed by atoms with van der Waals surface area (Å²) in [6, 6.07) is 6.09. The largest absolute Gasteiger partial charge is 0.496 e. The number of hydrogen-bond acceptors (Lipinski definition) is 3. The molecule has 0 amide bonds. The van der Waals surface area contributed by atoms with Gasteiger partial charge in [-0.25, -0.2) is 0 Å². The highest BCUT2D eigenvalue weighted by Gasteiger charge is 2.19. The molecule has 2 N–H and O–H groups in total. The third kappa shape index (κ3) is 1.97. The quantitative estimate of drug-likeness (QED) is 0.899. The fourth-order valence-electron chi connectivity index (χ4n) is 2.88. The van der Waals surface area contributed by atoms with Crippen LogP contribution in [-0.2, 0) is 19.9 Å². The lowest BCUT2D eigenvalue weighted by Gasteiger charge is -2.21. The summed E-state index contributed by atoms with van der Waals surface area (Å²) in [6.45, 7) is 0. The van der Waals surface area contributed by atoms with Crippen LogP contribution in [0.1, 0.15) is 24.0 Å². The Hall–Kier alpha value is -1.97. The minimum absolute atomic E-state index is 0.690. The SMILES string of the molecule is COc1ccc(-c2cc(N)n(C)n2)c2c1CCCC2. The number of methoxy groups -OCH3 is 1. The van der Waals surface area contributed by atoms with Crippen molar-refractivity contribution in [1.82, 2.24) is 9.78 Å². The predicted molar refractivity (Wildman–Crippen MR) is 76.3 cm³/mol. The first-order valence-corrected chi connectivity index (χ1v) is 6.69. The number of anilines is 1. The van der Waals surface area contributed by atoms with Crippen molar-refractivity contribution in [2.45, 2.75) is 25.7 Å². The maximum atomic E-state index is 5.89. The smallest absolute Gasteiger partial charge is 0.122 e. The molecule has 1 aliphatic carbocycles. The number of rotatable bonds is 2. The molecule has 4 heteroatoms. The fraction of sp³-hybridized carbons (Fsp3) is 0.400. The fourth-order valence-corrected chi connectivity index (χ4v) is 2.88. The van der Waals surface area contributed by atoms with Crippen molar-refractivity contribution in [3.05, 3.63) is 29.3 Å². The molecule has 1 heterocycles. The van der Waals surface area contributed by atoms with Gasteiger partial charge in [0.25, 0.3) is 0 Å². The number of nitrogens with zero attached hydrogens (tertiary/aromatic N) is 2. The van der Waals surface area contributed by atoms with Gasteiger partial charge in [-0.3, -0.25) is 4.68 Å². The molecule has 1 aromatic carbocycles. The lowest BCUT2D eigenvalue weighted by atomic mass is 9.86. The van der Waals surface area contributed by atoms with Gasteiger partial charge < -0.3 is 10.5 Å². The summed E-state index contributed by atoms with van der Waals surface area (Å²) in [6.07, 6.45) is 4.65. The number of fused-ring (bicyclic) bond motifs is 1. The zero-order valence-electron chi connectivity index (χ0n) is 11.4. The van der Waals surface area contributed by atoms with Gasteiger partial charge in [0, 0.05) is 18.7 Å². The molecule has 0 atom stereocenters. The number of nitrogens with two attached hydrogens (primary N) is 1. The molecule has 0 saturated carbocycles. The highest BCUT2D eigenvalue weighted by molar-refractivity contribution is 5.70. The van der Waals surface area contributed by atoms with Crippen molar-refractivity contribution in [3.8, 4) is 17.0 Å². The molecule has 0 fully saturated rings. The van der Waals surface area contributed by atoms with Gasteiger partial charge in [0.15, 0.2) is 0 Å². The Kier molecular flexibility index (Phi) is 2.93. The van der Waals surface area contributed by atoms with Crippen molar-refractivity contribution in [1.29, 1.82) is 0 Å². The van der Waals surface area contributed by atoms with Crippen molar-refractivity contribution in [3.63, 3.8) is 0 Å². The Morgan fingerprint density at radius 3 is 2.58 bits per heavy atom. The van der Waals surface area contributed by atoms with Gasteiger partial charge in [-0.15, -0.1) is 0 Å². The molecule has 0 saturated heterocycles. The molecule has 4 nitrogen and oxygen atoms in total. The number of aromatic nitrogens is 2. The summed E-state index contributed by atoms with van der Waals surface area (Å²) < 4.78 is 7.20. The van der Waals surface area contributed by atoms with E-state index in [0.29, 0.717) is 5.82 Å². The molecule has 3 rings (SSSR count). The molecule has 0 spiro atoms. The van der Waals surface area contributed by atoms with Crippen LogP contribution in [0.3, 0.4) is 0 Å². The van der Waals surface area contributed by atoms with Crippen LogP contribution < -0.4 is 10.5 Å². The Bertz CT molecular complexity index is 597. The maximum absolute atomic E-state index is 5.89. The van der Waals surface area contributed by atoms with Gasteiger partial charge in [0.2, 0.25) is 0 Å². The molecule has 2 aromatic rings. The summed E-state index contributed by atoms with van der Waals surface area (Å²) in [5, 5.41) is 4.49. The normalized spacial score (nSPS) is 14.2. The highest BCUT2D eigenvalue weighted by atomic mass is 16.5. The first-order chi connectivity index (χ1) is 9.20. The molecule has 0 unspecified atom stereocenters. The van der Waals surface area contributed by atoms with E-state index in [-0.39, 0.29) is 0 Å². The van der Waals surface area contributed by atoms with E-state index in [9.17, 15) is 0 Å². The first kappa shape index (κ1) is 12.1. The maximum Gasteiger partial charge on any atom is 0.122 e. The van der Waals surface area contributed by atoms with E-state index >= 15 is 0 Å². The second-order valence-electron chi connectivity index (χ2n) is 5.06. The van der Waals surface area contributed by atoms with Gasteiger partial charge in [-0.2, -0.15) is 5.10 Å².